The molecule has 1 aromatic carbocycles. The van der Waals surface area contributed by atoms with E-state index in [0.717, 1.165) is 73.3 Å². The molecule has 2 aromatic heterocycles. The molecule has 0 radical (unpaired) electrons. The molecule has 1 aliphatic rings. The number of primary amides is 1. The van der Waals surface area contributed by atoms with E-state index in [4.69, 9.17) is 16.5 Å². The van der Waals surface area contributed by atoms with Crippen molar-refractivity contribution in [2.45, 2.75) is 52.0 Å². The van der Waals surface area contributed by atoms with Crippen LogP contribution >= 0.6 is 11.3 Å². The maximum Gasteiger partial charge on any atom is 0.260 e. The van der Waals surface area contributed by atoms with E-state index < -0.39 is 5.91 Å². The molecular weight excluding hydrogens is 450 g/mol. The lowest BCUT2D eigenvalue weighted by molar-refractivity contribution is 0.100. The van der Waals surface area contributed by atoms with Crippen molar-refractivity contribution in [1.82, 2.24) is 4.98 Å². The number of aromatic hydroxyl groups is 2. The van der Waals surface area contributed by atoms with E-state index in [1.807, 2.05) is 6.07 Å². The number of phenols is 2. The van der Waals surface area contributed by atoms with Gasteiger partial charge in [-0.2, -0.15) is 0 Å². The van der Waals surface area contributed by atoms with Crippen molar-refractivity contribution in [2.75, 3.05) is 35.2 Å². The number of carbonyl (C=O) groups is 1. The molecule has 4 rings (SSSR count). The predicted molar refractivity (Wildman–Crippen MR) is 139 cm³/mol. The summed E-state index contributed by atoms with van der Waals surface area (Å²) in [6, 6.07) is 7.49. The maximum absolute atomic E-state index is 11.8. The lowest BCUT2D eigenvalue weighted by Crippen LogP contribution is -2.45. The first-order chi connectivity index (χ1) is 16.3. The van der Waals surface area contributed by atoms with Crippen LogP contribution in [0.4, 0.5) is 17.2 Å². The second-order valence-corrected chi connectivity index (χ2v) is 9.83. The summed E-state index contributed by atoms with van der Waals surface area (Å²) >= 11 is 1.27. The van der Waals surface area contributed by atoms with E-state index in [-0.39, 0.29) is 17.5 Å². The molecule has 0 unspecified atom stereocenters. The van der Waals surface area contributed by atoms with Gasteiger partial charge in [0, 0.05) is 31.1 Å². The van der Waals surface area contributed by atoms with Crippen molar-refractivity contribution in [3.05, 3.63) is 34.7 Å². The largest absolute Gasteiger partial charge is 0.504 e. The minimum absolute atomic E-state index is 0.0600. The van der Waals surface area contributed by atoms with Crippen LogP contribution < -0.4 is 21.3 Å². The van der Waals surface area contributed by atoms with Crippen molar-refractivity contribution in [2.24, 2.45) is 5.73 Å². The van der Waals surface area contributed by atoms with Crippen molar-refractivity contribution in [1.29, 1.82) is 0 Å². The summed E-state index contributed by atoms with van der Waals surface area (Å²) < 4.78 is 0. The first-order valence-electron chi connectivity index (χ1n) is 11.9. The van der Waals surface area contributed by atoms with E-state index in [2.05, 4.69) is 29.7 Å². The Morgan fingerprint density at radius 3 is 2.62 bits per heavy atom. The number of hydrogen-bond acceptors (Lipinski definition) is 8. The van der Waals surface area contributed by atoms with E-state index in [9.17, 15) is 15.0 Å². The fourth-order valence-corrected chi connectivity index (χ4v) is 5.88. The van der Waals surface area contributed by atoms with Crippen LogP contribution in [-0.2, 0) is 6.42 Å². The Morgan fingerprint density at radius 2 is 1.97 bits per heavy atom. The Bertz CT molecular complexity index is 1190. The summed E-state index contributed by atoms with van der Waals surface area (Å²) in [5, 5.41) is 21.3. The van der Waals surface area contributed by atoms with Gasteiger partial charge in [0.2, 0.25) is 0 Å². The molecule has 0 bridgehead atoms. The van der Waals surface area contributed by atoms with Crippen LogP contribution in [0, 0.1) is 0 Å². The molecule has 9 heteroatoms. The molecule has 0 aliphatic carbocycles. The first-order valence-corrected chi connectivity index (χ1v) is 12.7. The molecule has 1 aliphatic heterocycles. The van der Waals surface area contributed by atoms with Crippen LogP contribution in [0.1, 0.15) is 54.8 Å². The molecule has 3 heterocycles. The number of phenolic OH excluding ortho intramolecular Hbond substituents is 2. The third-order valence-corrected chi connectivity index (χ3v) is 7.62. The highest BCUT2D eigenvalue weighted by molar-refractivity contribution is 7.21. The molecule has 0 saturated carbocycles. The van der Waals surface area contributed by atoms with Crippen molar-refractivity contribution in [3.8, 4) is 11.5 Å². The third-order valence-electron chi connectivity index (χ3n) is 6.51. The summed E-state index contributed by atoms with van der Waals surface area (Å²) in [7, 11) is 0. The van der Waals surface area contributed by atoms with Gasteiger partial charge in [-0.25, -0.2) is 4.98 Å². The monoisotopic (exact) mass is 483 g/mol. The van der Waals surface area contributed by atoms with Crippen LogP contribution in [0.3, 0.4) is 0 Å². The van der Waals surface area contributed by atoms with Gasteiger partial charge in [-0.3, -0.25) is 4.79 Å². The Labute approximate surface area is 203 Å². The van der Waals surface area contributed by atoms with Gasteiger partial charge in [-0.05, 0) is 49.4 Å². The zero-order valence-corrected chi connectivity index (χ0v) is 20.6. The highest BCUT2D eigenvalue weighted by atomic mass is 32.1. The maximum atomic E-state index is 11.8. The Balaban J connectivity index is 1.59. The smallest absolute Gasteiger partial charge is 0.260 e. The van der Waals surface area contributed by atoms with Gasteiger partial charge in [0.1, 0.15) is 15.5 Å². The quantitative estimate of drug-likeness (QED) is 0.353. The molecule has 0 atom stereocenters. The number of fused-ring (bicyclic) bond motifs is 1. The normalized spacial score (nSPS) is 14.6. The van der Waals surface area contributed by atoms with Gasteiger partial charge in [0.25, 0.3) is 5.91 Å². The molecule has 0 spiro atoms. The fraction of sp³-hybridized carbons (Fsp3) is 0.440. The number of nitrogens with zero attached hydrogens (tertiary/aromatic N) is 3. The molecule has 1 amide bonds. The zero-order chi connectivity index (χ0) is 24.4. The Hall–Kier alpha value is -3.20. The van der Waals surface area contributed by atoms with Gasteiger partial charge < -0.3 is 31.5 Å². The Kier molecular flexibility index (Phi) is 7.02. The average molecular weight is 484 g/mol. The summed E-state index contributed by atoms with van der Waals surface area (Å²) in [6.45, 7) is 6.67. The number of aryl methyl sites for hydroxylation is 1. The number of nitrogens with two attached hydrogens (primary N) is 2. The molecule has 6 N–H and O–H groups in total. The average Bonchev–Trinajstić information content (AvgIpc) is 3.17. The first kappa shape index (κ1) is 23.9. The molecule has 34 heavy (non-hydrogen) atoms. The van der Waals surface area contributed by atoms with Crippen molar-refractivity contribution < 1.29 is 15.0 Å². The summed E-state index contributed by atoms with van der Waals surface area (Å²) in [5.74, 6) is 0.225. The van der Waals surface area contributed by atoms with Crippen LogP contribution in [-0.4, -0.2) is 46.8 Å². The van der Waals surface area contributed by atoms with Crippen LogP contribution in [0.15, 0.2) is 24.3 Å². The number of amides is 1. The number of benzene rings is 1. The molecular formula is C25H33N5O3S. The van der Waals surface area contributed by atoms with Crippen LogP contribution in [0.5, 0.6) is 11.5 Å². The summed E-state index contributed by atoms with van der Waals surface area (Å²) in [5.41, 5.74) is 14.0. The molecule has 8 nitrogen and oxygen atoms in total. The zero-order valence-electron chi connectivity index (χ0n) is 19.8. The minimum atomic E-state index is -0.517. The highest BCUT2D eigenvalue weighted by Crippen LogP contribution is 2.39. The number of carbonyl (C=O) groups excluding carboxylic acids is 1. The van der Waals surface area contributed by atoms with Gasteiger partial charge in [-0.1, -0.05) is 26.3 Å². The van der Waals surface area contributed by atoms with Gasteiger partial charge in [0.05, 0.1) is 11.4 Å². The Morgan fingerprint density at radius 1 is 1.24 bits per heavy atom. The van der Waals surface area contributed by atoms with Crippen LogP contribution in [0.25, 0.3) is 10.2 Å². The van der Waals surface area contributed by atoms with E-state index >= 15 is 0 Å². The molecule has 1 fully saturated rings. The van der Waals surface area contributed by atoms with E-state index in [1.54, 1.807) is 6.07 Å². The SMILES string of the molecule is CCCc1cc(N2CCC(N(CCC)c3cccc(O)c3O)CC2)nc2sc(C(N)=O)c(N)c12. The number of hydrogen-bond donors (Lipinski definition) is 4. The topological polar surface area (TPSA) is 129 Å². The number of pyridine rings is 1. The number of thiophene rings is 1. The number of nitrogen functional groups attached to an aromatic ring is 1. The predicted octanol–water partition coefficient (Wildman–Crippen LogP) is 4.23. The summed E-state index contributed by atoms with van der Waals surface area (Å²) in [6.07, 6.45) is 4.55. The lowest BCUT2D eigenvalue weighted by atomic mass is 10.0. The second kappa shape index (κ2) is 9.97. The van der Waals surface area contributed by atoms with Gasteiger partial charge in [0.15, 0.2) is 11.5 Å². The number of aromatic nitrogens is 1. The van der Waals surface area contributed by atoms with Gasteiger partial charge in [-0.15, -0.1) is 11.3 Å². The molecule has 1 saturated heterocycles. The number of anilines is 3. The van der Waals surface area contributed by atoms with E-state index in [0.29, 0.717) is 16.3 Å². The van der Waals surface area contributed by atoms with E-state index in [1.165, 1.54) is 17.4 Å². The highest BCUT2D eigenvalue weighted by Gasteiger charge is 2.28. The fourth-order valence-electron chi connectivity index (χ4n) is 4.89. The number of rotatable bonds is 8. The standard InChI is InChI=1S/C25H33N5O3S/c1-3-6-15-14-19(28-25-20(15)21(26)23(34-25)24(27)33)29-12-9-16(10-13-29)30(11-4-2)17-7-5-8-18(31)22(17)32/h5,7-8,14,16,31-32H,3-4,6,9-13,26H2,1-2H3,(H2,27,33). The summed E-state index contributed by atoms with van der Waals surface area (Å²) in [4.78, 5) is 22.3. The second-order valence-electron chi connectivity index (χ2n) is 8.84. The molecule has 3 aromatic rings. The van der Waals surface area contributed by atoms with Gasteiger partial charge >= 0.3 is 0 Å². The number of para-hydroxylation sites is 1. The lowest BCUT2D eigenvalue weighted by Gasteiger charge is -2.40. The third kappa shape index (κ3) is 4.44. The van der Waals surface area contributed by atoms with Crippen molar-refractivity contribution in [3.63, 3.8) is 0 Å². The molecule has 182 valence electrons. The van der Waals surface area contributed by atoms with Crippen LogP contribution in [0.2, 0.25) is 0 Å². The van der Waals surface area contributed by atoms with Crippen molar-refractivity contribution >= 4 is 44.7 Å². The number of piperidine rings is 1. The minimum Gasteiger partial charge on any atom is -0.504 e.